The average molecular weight is 275 g/mol. The highest BCUT2D eigenvalue weighted by atomic mass is 16.4. The lowest BCUT2D eigenvalue weighted by Crippen LogP contribution is -2.13. The summed E-state index contributed by atoms with van der Waals surface area (Å²) in [6.07, 6.45) is -0.267. The minimum atomic E-state index is -1.01. The molecule has 0 fully saturated rings. The van der Waals surface area contributed by atoms with Crippen LogP contribution in [0.5, 0.6) is 0 Å². The number of carbonyl (C=O) groups is 2. The van der Waals surface area contributed by atoms with Crippen LogP contribution in [0.4, 0.5) is 5.69 Å². The van der Waals surface area contributed by atoms with Crippen molar-refractivity contribution in [1.29, 1.82) is 0 Å². The van der Waals surface area contributed by atoms with Crippen LogP contribution >= 0.6 is 0 Å². The van der Waals surface area contributed by atoms with E-state index >= 15 is 0 Å². The molecular formula is C13H13N3O4. The van der Waals surface area contributed by atoms with Crippen LogP contribution < -0.4 is 10.9 Å². The van der Waals surface area contributed by atoms with Crippen LogP contribution in [-0.4, -0.2) is 27.2 Å². The van der Waals surface area contributed by atoms with Gasteiger partial charge in [-0.2, -0.15) is 0 Å². The Kier molecular flexibility index (Phi) is 3.99. The van der Waals surface area contributed by atoms with E-state index in [0.29, 0.717) is 11.4 Å². The highest BCUT2D eigenvalue weighted by Gasteiger charge is 2.06. The van der Waals surface area contributed by atoms with E-state index in [-0.39, 0.29) is 24.3 Å². The molecule has 1 heterocycles. The van der Waals surface area contributed by atoms with Crippen LogP contribution in [0.15, 0.2) is 35.1 Å². The van der Waals surface area contributed by atoms with Crippen LogP contribution in [0.2, 0.25) is 0 Å². The summed E-state index contributed by atoms with van der Waals surface area (Å²) >= 11 is 0. The Balaban J connectivity index is 2.00. The van der Waals surface area contributed by atoms with Gasteiger partial charge < -0.3 is 10.4 Å². The monoisotopic (exact) mass is 275 g/mol. The number of aliphatic carboxylic acids is 1. The van der Waals surface area contributed by atoms with E-state index in [1.165, 1.54) is 6.07 Å². The minimum absolute atomic E-state index is 0.0672. The van der Waals surface area contributed by atoms with Gasteiger partial charge in [-0.1, -0.05) is 12.1 Å². The summed E-state index contributed by atoms with van der Waals surface area (Å²) in [5.74, 6) is -1.36. The quantitative estimate of drug-likeness (QED) is 0.655. The van der Waals surface area contributed by atoms with Gasteiger partial charge in [-0.05, 0) is 17.7 Å². The van der Waals surface area contributed by atoms with E-state index in [9.17, 15) is 14.4 Å². The summed E-state index contributed by atoms with van der Waals surface area (Å²) in [6.45, 7) is 0. The lowest BCUT2D eigenvalue weighted by atomic mass is 10.1. The molecule has 0 radical (unpaired) electrons. The number of hydrogen-bond acceptors (Lipinski definition) is 3. The lowest BCUT2D eigenvalue weighted by molar-refractivity contribution is -0.138. The van der Waals surface area contributed by atoms with Gasteiger partial charge >= 0.3 is 5.97 Å². The second kappa shape index (κ2) is 5.87. The second-order valence-corrected chi connectivity index (χ2v) is 4.19. The van der Waals surface area contributed by atoms with Crippen molar-refractivity contribution in [3.05, 3.63) is 40.7 Å². The molecule has 0 aliphatic heterocycles. The fourth-order valence-corrected chi connectivity index (χ4v) is 1.66. The maximum atomic E-state index is 11.4. The molecule has 0 saturated heterocycles. The summed E-state index contributed by atoms with van der Waals surface area (Å²) in [6, 6.07) is 8.27. The predicted octanol–water partition coefficient (Wildman–Crippen LogP) is 1.17. The van der Waals surface area contributed by atoms with Crippen LogP contribution in [0.3, 0.4) is 0 Å². The zero-order valence-electron chi connectivity index (χ0n) is 10.5. The first kappa shape index (κ1) is 13.6. The van der Waals surface area contributed by atoms with E-state index in [4.69, 9.17) is 5.11 Å². The summed E-state index contributed by atoms with van der Waals surface area (Å²) in [4.78, 5) is 32.8. The molecule has 1 aromatic carbocycles. The van der Waals surface area contributed by atoms with Gasteiger partial charge in [-0.3, -0.25) is 24.6 Å². The Morgan fingerprint density at radius 2 is 1.80 bits per heavy atom. The van der Waals surface area contributed by atoms with E-state index in [2.05, 4.69) is 15.5 Å². The fraction of sp³-hybridized carbons (Fsp3) is 0.154. The number of carbonyl (C=O) groups excluding carboxylic acids is 1. The SMILES string of the molecule is O=C(O)CCC(=O)Nc1ccc(-c2cc(=O)[nH][nH]2)cc1. The maximum absolute atomic E-state index is 11.4. The number of hydrogen-bond donors (Lipinski definition) is 4. The second-order valence-electron chi connectivity index (χ2n) is 4.19. The maximum Gasteiger partial charge on any atom is 0.303 e. The largest absolute Gasteiger partial charge is 0.481 e. The molecule has 4 N–H and O–H groups in total. The number of nitrogens with one attached hydrogen (secondary N) is 3. The highest BCUT2D eigenvalue weighted by molar-refractivity contribution is 5.92. The number of H-pyrrole nitrogens is 2. The number of carboxylic acid groups (broad SMARTS) is 1. The number of aromatic nitrogens is 2. The van der Waals surface area contributed by atoms with Gasteiger partial charge in [0.2, 0.25) is 5.91 Å². The van der Waals surface area contributed by atoms with Crippen molar-refractivity contribution in [3.8, 4) is 11.3 Å². The third kappa shape index (κ3) is 3.58. The molecule has 0 atom stereocenters. The number of benzene rings is 1. The Bertz CT molecular complexity index is 669. The number of rotatable bonds is 5. The topological polar surface area (TPSA) is 115 Å². The molecule has 0 aliphatic carbocycles. The van der Waals surface area contributed by atoms with Gasteiger partial charge in [-0.25, -0.2) is 0 Å². The van der Waals surface area contributed by atoms with Gasteiger partial charge in [0.05, 0.1) is 12.1 Å². The average Bonchev–Trinajstić information content (AvgIpc) is 2.84. The first-order valence-electron chi connectivity index (χ1n) is 5.94. The smallest absolute Gasteiger partial charge is 0.303 e. The molecule has 2 rings (SSSR count). The summed E-state index contributed by atoms with van der Waals surface area (Å²) in [7, 11) is 0. The third-order valence-corrected chi connectivity index (χ3v) is 2.64. The van der Waals surface area contributed by atoms with Crippen molar-refractivity contribution in [2.24, 2.45) is 0 Å². The minimum Gasteiger partial charge on any atom is -0.481 e. The molecule has 7 nitrogen and oxygen atoms in total. The van der Waals surface area contributed by atoms with Crippen molar-refractivity contribution in [3.63, 3.8) is 0 Å². The molecule has 1 amide bonds. The Morgan fingerprint density at radius 1 is 1.10 bits per heavy atom. The van der Waals surface area contributed by atoms with Crippen molar-refractivity contribution >= 4 is 17.6 Å². The van der Waals surface area contributed by atoms with Gasteiger partial charge in [0.1, 0.15) is 0 Å². The molecule has 0 spiro atoms. The highest BCUT2D eigenvalue weighted by Crippen LogP contribution is 2.18. The number of anilines is 1. The number of carboxylic acids is 1. The van der Waals surface area contributed by atoms with Crippen LogP contribution in [0.1, 0.15) is 12.8 Å². The van der Waals surface area contributed by atoms with E-state index in [1.54, 1.807) is 24.3 Å². The first-order chi connectivity index (χ1) is 9.54. The Labute approximate surface area is 113 Å². The standard InChI is InChI=1S/C13H13N3O4/c17-11(5-6-13(19)20)14-9-3-1-8(2-4-9)10-7-12(18)16-15-10/h1-4,7H,5-6H2,(H,14,17)(H,19,20)(H2,15,16,18). The lowest BCUT2D eigenvalue weighted by Gasteiger charge is -2.05. The molecule has 0 unspecified atom stereocenters. The Morgan fingerprint density at radius 3 is 2.35 bits per heavy atom. The van der Waals surface area contributed by atoms with E-state index in [1.807, 2.05) is 0 Å². The van der Waals surface area contributed by atoms with Crippen molar-refractivity contribution in [2.75, 3.05) is 5.32 Å². The summed E-state index contributed by atoms with van der Waals surface area (Å²) in [5.41, 5.74) is 1.80. The summed E-state index contributed by atoms with van der Waals surface area (Å²) < 4.78 is 0. The zero-order chi connectivity index (χ0) is 14.5. The molecule has 0 saturated carbocycles. The predicted molar refractivity (Wildman–Crippen MR) is 72.3 cm³/mol. The molecule has 7 heteroatoms. The van der Waals surface area contributed by atoms with Gasteiger partial charge in [0.15, 0.2) is 0 Å². The molecule has 2 aromatic rings. The fourth-order valence-electron chi connectivity index (χ4n) is 1.66. The normalized spacial score (nSPS) is 10.2. The molecular weight excluding hydrogens is 262 g/mol. The number of amides is 1. The van der Waals surface area contributed by atoms with Crippen LogP contribution in [0, 0.1) is 0 Å². The number of aromatic amines is 2. The summed E-state index contributed by atoms with van der Waals surface area (Å²) in [5, 5.41) is 16.2. The molecule has 1 aromatic heterocycles. The van der Waals surface area contributed by atoms with E-state index in [0.717, 1.165) is 5.56 Å². The molecule has 104 valence electrons. The Hall–Kier alpha value is -2.83. The molecule has 0 aliphatic rings. The van der Waals surface area contributed by atoms with Crippen molar-refractivity contribution < 1.29 is 14.7 Å². The zero-order valence-corrected chi connectivity index (χ0v) is 10.5. The van der Waals surface area contributed by atoms with Gasteiger partial charge in [0, 0.05) is 18.2 Å². The van der Waals surface area contributed by atoms with Crippen LogP contribution in [-0.2, 0) is 9.59 Å². The van der Waals surface area contributed by atoms with Gasteiger partial charge in [0.25, 0.3) is 5.56 Å². The van der Waals surface area contributed by atoms with E-state index < -0.39 is 5.97 Å². The van der Waals surface area contributed by atoms with Crippen molar-refractivity contribution in [2.45, 2.75) is 12.8 Å². The first-order valence-corrected chi connectivity index (χ1v) is 5.94. The van der Waals surface area contributed by atoms with Crippen molar-refractivity contribution in [1.82, 2.24) is 10.2 Å². The van der Waals surface area contributed by atoms with Crippen LogP contribution in [0.25, 0.3) is 11.3 Å². The molecule has 0 bridgehead atoms. The third-order valence-electron chi connectivity index (χ3n) is 2.64. The molecule has 20 heavy (non-hydrogen) atoms. The van der Waals surface area contributed by atoms with Gasteiger partial charge in [-0.15, -0.1) is 0 Å².